The summed E-state index contributed by atoms with van der Waals surface area (Å²) in [7, 11) is 0. The highest BCUT2D eigenvalue weighted by molar-refractivity contribution is 8.04. The molecule has 1 atom stereocenters. The molecule has 1 aliphatic heterocycles. The van der Waals surface area contributed by atoms with Crippen LogP contribution in [0, 0.1) is 23.0 Å². The number of nitriles is 1. The zero-order chi connectivity index (χ0) is 17.1. The number of rotatable bonds is 4. The monoisotopic (exact) mass is 363 g/mol. The van der Waals surface area contributed by atoms with Crippen LogP contribution in [0.5, 0.6) is 0 Å². The van der Waals surface area contributed by atoms with Gasteiger partial charge in [0.25, 0.3) is 0 Å². The lowest BCUT2D eigenvalue weighted by molar-refractivity contribution is 0.612. The van der Waals surface area contributed by atoms with E-state index >= 15 is 0 Å². The third-order valence-electron chi connectivity index (χ3n) is 3.53. The highest BCUT2D eigenvalue weighted by atomic mass is 35.5. The van der Waals surface area contributed by atoms with Gasteiger partial charge in [-0.3, -0.25) is 0 Å². The van der Waals surface area contributed by atoms with Crippen molar-refractivity contribution in [1.82, 2.24) is 5.32 Å². The second-order valence-corrected chi connectivity index (χ2v) is 6.62. The average molecular weight is 364 g/mol. The number of benzene rings is 2. The molecule has 122 valence electrons. The fourth-order valence-corrected chi connectivity index (χ4v) is 3.38. The van der Waals surface area contributed by atoms with Gasteiger partial charge in [-0.2, -0.15) is 5.26 Å². The lowest BCUT2D eigenvalue weighted by Gasteiger charge is -2.12. The molecule has 0 aliphatic carbocycles. The molecule has 0 amide bonds. The maximum Gasteiger partial charge on any atom is 0.148 e. The molecule has 1 unspecified atom stereocenters. The summed E-state index contributed by atoms with van der Waals surface area (Å²) in [6.45, 7) is 0. The summed E-state index contributed by atoms with van der Waals surface area (Å²) in [6, 6.07) is 10.5. The van der Waals surface area contributed by atoms with Crippen LogP contribution in [0.2, 0.25) is 5.02 Å². The van der Waals surface area contributed by atoms with Crippen LogP contribution >= 0.6 is 23.5 Å². The van der Waals surface area contributed by atoms with E-state index in [4.69, 9.17) is 16.9 Å². The summed E-state index contributed by atoms with van der Waals surface area (Å²) in [5.41, 5.74) is 1.33. The van der Waals surface area contributed by atoms with Gasteiger partial charge in [-0.1, -0.05) is 11.6 Å². The van der Waals surface area contributed by atoms with E-state index in [1.165, 1.54) is 36.2 Å². The van der Waals surface area contributed by atoms with Gasteiger partial charge in [-0.15, -0.1) is 0 Å². The number of nitrogens with one attached hydrogen (secondary N) is 2. The predicted molar refractivity (Wildman–Crippen MR) is 92.3 cm³/mol. The van der Waals surface area contributed by atoms with Gasteiger partial charge in [0, 0.05) is 22.5 Å². The van der Waals surface area contributed by atoms with Crippen LogP contribution in [0.3, 0.4) is 0 Å². The van der Waals surface area contributed by atoms with Crippen molar-refractivity contribution in [3.05, 3.63) is 75.3 Å². The molecule has 0 spiro atoms. The van der Waals surface area contributed by atoms with E-state index in [0.29, 0.717) is 17.1 Å². The maximum atomic E-state index is 13.8. The molecule has 0 bridgehead atoms. The summed E-state index contributed by atoms with van der Waals surface area (Å²) in [6.07, 6.45) is 2.44. The summed E-state index contributed by atoms with van der Waals surface area (Å²) in [4.78, 5) is 0.948. The third-order valence-corrected chi connectivity index (χ3v) is 4.62. The normalized spacial score (nSPS) is 16.2. The smallest absolute Gasteiger partial charge is 0.148 e. The molecule has 0 saturated heterocycles. The Morgan fingerprint density at radius 2 is 2.08 bits per heavy atom. The van der Waals surface area contributed by atoms with Gasteiger partial charge >= 0.3 is 0 Å². The Morgan fingerprint density at radius 3 is 2.79 bits per heavy atom. The minimum absolute atomic E-state index is 0.0756. The molecule has 2 aromatic rings. The summed E-state index contributed by atoms with van der Waals surface area (Å²) in [5, 5.41) is 12.3. The van der Waals surface area contributed by atoms with Crippen molar-refractivity contribution in [1.29, 1.82) is 5.26 Å². The maximum absolute atomic E-state index is 13.8. The summed E-state index contributed by atoms with van der Waals surface area (Å²) in [5.74, 6) is -0.861. The zero-order valence-electron chi connectivity index (χ0n) is 12.3. The lowest BCUT2D eigenvalue weighted by atomic mass is 10.1. The molecule has 2 aromatic carbocycles. The van der Waals surface area contributed by atoms with Crippen molar-refractivity contribution >= 4 is 29.2 Å². The van der Waals surface area contributed by atoms with Crippen molar-refractivity contribution in [3.63, 3.8) is 0 Å². The van der Waals surface area contributed by atoms with Crippen molar-refractivity contribution < 1.29 is 8.78 Å². The standard InChI is InChI=1S/C17H12ClF2N3S/c18-12-4-11(5-13(19)6-12)17-7-14(9-22-17)24-23-16-2-1-10(8-21)3-15(16)20/h1-6,9,17,22-23H,7H2. The Balaban J connectivity index is 1.61. The molecule has 3 nitrogen and oxygen atoms in total. The van der Waals surface area contributed by atoms with E-state index in [1.807, 2.05) is 12.3 Å². The fraction of sp³-hybridized carbons (Fsp3) is 0.118. The van der Waals surface area contributed by atoms with E-state index in [2.05, 4.69) is 10.0 Å². The molecule has 7 heteroatoms. The Morgan fingerprint density at radius 1 is 1.25 bits per heavy atom. The first-order valence-electron chi connectivity index (χ1n) is 7.09. The van der Waals surface area contributed by atoms with E-state index < -0.39 is 5.82 Å². The molecule has 24 heavy (non-hydrogen) atoms. The number of hydrogen-bond donors (Lipinski definition) is 2. The van der Waals surface area contributed by atoms with Crippen LogP contribution in [-0.4, -0.2) is 0 Å². The van der Waals surface area contributed by atoms with Gasteiger partial charge in [-0.05, 0) is 53.9 Å². The number of anilines is 1. The number of hydrogen-bond acceptors (Lipinski definition) is 4. The van der Waals surface area contributed by atoms with Crippen LogP contribution < -0.4 is 10.0 Å². The number of halogens is 3. The second-order valence-electron chi connectivity index (χ2n) is 5.25. The van der Waals surface area contributed by atoms with Crippen molar-refractivity contribution in [2.24, 2.45) is 0 Å². The van der Waals surface area contributed by atoms with Gasteiger partial charge < -0.3 is 10.0 Å². The molecule has 0 aromatic heterocycles. The molecule has 0 radical (unpaired) electrons. The quantitative estimate of drug-likeness (QED) is 0.739. The molecular weight excluding hydrogens is 352 g/mol. The Kier molecular flexibility index (Phi) is 4.93. The predicted octanol–water partition coefficient (Wildman–Crippen LogP) is 5.13. The summed E-state index contributed by atoms with van der Waals surface area (Å²) >= 11 is 7.15. The van der Waals surface area contributed by atoms with E-state index in [1.54, 1.807) is 12.1 Å². The Hall–Kier alpha value is -2.23. The first-order valence-corrected chi connectivity index (χ1v) is 8.28. The highest BCUT2D eigenvalue weighted by Gasteiger charge is 2.20. The summed E-state index contributed by atoms with van der Waals surface area (Å²) < 4.78 is 30.2. The Bertz CT molecular complexity index is 828. The van der Waals surface area contributed by atoms with Crippen LogP contribution in [0.4, 0.5) is 14.5 Å². The fourth-order valence-electron chi connectivity index (χ4n) is 2.36. The van der Waals surface area contributed by atoms with Gasteiger partial charge in [0.05, 0.1) is 23.4 Å². The Labute approximate surface area is 147 Å². The average Bonchev–Trinajstić information content (AvgIpc) is 3.01. The van der Waals surface area contributed by atoms with Gasteiger partial charge in [0.15, 0.2) is 0 Å². The van der Waals surface area contributed by atoms with Crippen LogP contribution in [0.25, 0.3) is 0 Å². The highest BCUT2D eigenvalue weighted by Crippen LogP contribution is 2.34. The first kappa shape index (κ1) is 16.6. The third kappa shape index (κ3) is 3.81. The van der Waals surface area contributed by atoms with Crippen molar-refractivity contribution in [3.8, 4) is 6.07 Å². The van der Waals surface area contributed by atoms with Crippen LogP contribution in [0.15, 0.2) is 47.5 Å². The topological polar surface area (TPSA) is 47.9 Å². The lowest BCUT2D eigenvalue weighted by Crippen LogP contribution is -2.09. The molecule has 0 fully saturated rings. The SMILES string of the molecule is N#Cc1ccc(NSC2=CNC(c3cc(F)cc(Cl)c3)C2)c(F)c1. The van der Waals surface area contributed by atoms with Gasteiger partial charge in [0.2, 0.25) is 0 Å². The molecule has 0 saturated carbocycles. The molecule has 3 rings (SSSR count). The van der Waals surface area contributed by atoms with Crippen LogP contribution in [0.1, 0.15) is 23.6 Å². The largest absolute Gasteiger partial charge is 0.383 e. The van der Waals surface area contributed by atoms with E-state index in [0.717, 1.165) is 10.5 Å². The van der Waals surface area contributed by atoms with Gasteiger partial charge in [-0.25, -0.2) is 8.78 Å². The van der Waals surface area contributed by atoms with E-state index in [9.17, 15) is 8.78 Å². The molecular formula is C17H12ClF2N3S. The molecule has 2 N–H and O–H groups in total. The zero-order valence-corrected chi connectivity index (χ0v) is 13.9. The minimum atomic E-state index is -0.485. The van der Waals surface area contributed by atoms with Crippen molar-refractivity contribution in [2.75, 3.05) is 4.72 Å². The van der Waals surface area contributed by atoms with E-state index in [-0.39, 0.29) is 17.4 Å². The molecule has 1 heterocycles. The molecule has 1 aliphatic rings. The van der Waals surface area contributed by atoms with Gasteiger partial charge in [0.1, 0.15) is 11.6 Å². The minimum Gasteiger partial charge on any atom is -0.383 e. The van der Waals surface area contributed by atoms with Crippen molar-refractivity contribution in [2.45, 2.75) is 12.5 Å². The first-order chi connectivity index (χ1) is 11.5. The number of nitrogens with zero attached hydrogens (tertiary/aromatic N) is 1. The second kappa shape index (κ2) is 7.12. The van der Waals surface area contributed by atoms with Crippen LogP contribution in [-0.2, 0) is 0 Å².